The van der Waals surface area contributed by atoms with E-state index in [9.17, 15) is 18.4 Å². The minimum atomic E-state index is -1.06. The first-order valence-electron chi connectivity index (χ1n) is 11.3. The minimum Gasteiger partial charge on any atom is -0.383 e. The number of benzene rings is 1. The van der Waals surface area contributed by atoms with Gasteiger partial charge >= 0.3 is 0 Å². The number of hydrogen-bond acceptors (Lipinski definition) is 6. The molecule has 3 N–H and O–H groups in total. The Labute approximate surface area is 212 Å². The van der Waals surface area contributed by atoms with Crippen molar-refractivity contribution in [1.82, 2.24) is 24.4 Å². The molecule has 0 unspecified atom stereocenters. The highest BCUT2D eigenvalue weighted by Gasteiger charge is 2.43. The van der Waals surface area contributed by atoms with Crippen molar-refractivity contribution in [3.05, 3.63) is 52.9 Å². The number of hydrogen-bond donors (Lipinski definition) is 2. The zero-order chi connectivity index (χ0) is 25.7. The second-order valence-corrected chi connectivity index (χ2v) is 9.74. The van der Waals surface area contributed by atoms with Gasteiger partial charge in [0.15, 0.2) is 11.6 Å². The Morgan fingerprint density at radius 3 is 2.69 bits per heavy atom. The van der Waals surface area contributed by atoms with E-state index < -0.39 is 17.7 Å². The Bertz CT molecular complexity index is 1530. The Morgan fingerprint density at radius 2 is 1.94 bits per heavy atom. The number of nitrogen functional groups attached to an aromatic ring is 1. The molecule has 9 nitrogen and oxygen atoms in total. The van der Waals surface area contributed by atoms with Gasteiger partial charge in [0.2, 0.25) is 11.8 Å². The number of carbonyl (C=O) groups is 2. The fourth-order valence-corrected chi connectivity index (χ4v) is 5.19. The molecule has 4 aromatic rings. The lowest BCUT2D eigenvalue weighted by molar-refractivity contribution is -0.139. The molecule has 5 rings (SSSR count). The second kappa shape index (κ2) is 9.08. The summed E-state index contributed by atoms with van der Waals surface area (Å²) >= 11 is 3.28. The van der Waals surface area contributed by atoms with Crippen molar-refractivity contribution in [1.29, 1.82) is 0 Å². The van der Waals surface area contributed by atoms with Crippen LogP contribution in [-0.2, 0) is 16.1 Å². The zero-order valence-electron chi connectivity index (χ0n) is 19.4. The lowest BCUT2D eigenvalue weighted by Gasteiger charge is -2.29. The molecule has 1 aliphatic rings. The Morgan fingerprint density at radius 1 is 1.19 bits per heavy atom. The Balaban J connectivity index is 1.51. The summed E-state index contributed by atoms with van der Waals surface area (Å²) in [5, 5.41) is 3.41. The number of amides is 2. The number of halogens is 3. The van der Waals surface area contributed by atoms with Gasteiger partial charge in [0.25, 0.3) is 0 Å². The number of rotatable bonds is 4. The molecule has 1 saturated heterocycles. The first kappa shape index (κ1) is 24.0. The van der Waals surface area contributed by atoms with E-state index in [0.29, 0.717) is 27.6 Å². The van der Waals surface area contributed by atoms with Gasteiger partial charge < -0.3 is 20.5 Å². The maximum absolute atomic E-state index is 14.2. The molecule has 2 amide bonds. The van der Waals surface area contributed by atoms with Crippen LogP contribution in [0, 0.1) is 17.6 Å². The number of nitrogens with one attached hydrogen (secondary N) is 1. The zero-order valence-corrected chi connectivity index (χ0v) is 21.0. The number of nitrogens with two attached hydrogens (primary N) is 1. The topological polar surface area (TPSA) is 119 Å². The number of likely N-dealkylation sites (tertiary alicyclic amines) is 1. The number of fused-ring (bicyclic) bond motifs is 3. The van der Waals surface area contributed by atoms with Crippen LogP contribution in [0.1, 0.15) is 20.3 Å². The number of nitrogens with zero attached hydrogens (tertiary/aromatic N) is 5. The molecule has 0 saturated carbocycles. The maximum Gasteiger partial charge on any atom is 0.248 e. The second-order valence-electron chi connectivity index (χ2n) is 8.93. The van der Waals surface area contributed by atoms with Gasteiger partial charge in [-0.2, -0.15) is 0 Å². The van der Waals surface area contributed by atoms with Crippen LogP contribution in [0.3, 0.4) is 0 Å². The standard InChI is InChI=1S/C24H22BrF2N7O2/c1-11-6-17(24(36)32-19-5-3-4-18(25)31-19)34(12(11)2)20(35)9-33-16-8-15(27)14(26)7-13(16)21-22(28)29-10-30-23(21)33/h3-5,7-8,10-12,17H,6,9H2,1-2H3,(H2,28,29,30)(H,31,32,36)/t11-,12-,17+/m1/s1. The SMILES string of the molecule is C[C@@H]1C[C@@H](C(=O)Nc2cccc(Br)n2)N(C(=O)Cn2c3cc(F)c(F)cc3c3c(N)ncnc32)[C@@H]1C. The van der Waals surface area contributed by atoms with E-state index in [0.717, 1.165) is 12.1 Å². The molecule has 0 spiro atoms. The third kappa shape index (κ3) is 4.04. The molecule has 1 fully saturated rings. The predicted molar refractivity (Wildman–Crippen MR) is 134 cm³/mol. The van der Waals surface area contributed by atoms with Gasteiger partial charge in [0.05, 0.1) is 10.9 Å². The smallest absolute Gasteiger partial charge is 0.248 e. The largest absolute Gasteiger partial charge is 0.383 e. The normalized spacial score (nSPS) is 19.8. The maximum atomic E-state index is 14.2. The lowest BCUT2D eigenvalue weighted by Crippen LogP contribution is -2.47. The van der Waals surface area contributed by atoms with Crippen LogP contribution in [0.15, 0.2) is 41.3 Å². The first-order chi connectivity index (χ1) is 17.2. The molecule has 4 heterocycles. The molecule has 36 heavy (non-hydrogen) atoms. The molecule has 186 valence electrons. The third-order valence-corrected chi connectivity index (χ3v) is 7.20. The molecule has 12 heteroatoms. The van der Waals surface area contributed by atoms with Crippen LogP contribution in [0.2, 0.25) is 0 Å². The summed E-state index contributed by atoms with van der Waals surface area (Å²) in [6, 6.07) is 6.21. The number of aromatic nitrogens is 4. The summed E-state index contributed by atoms with van der Waals surface area (Å²) in [7, 11) is 0. The van der Waals surface area contributed by atoms with Crippen molar-refractivity contribution in [3.8, 4) is 0 Å². The molecule has 3 aromatic heterocycles. The summed E-state index contributed by atoms with van der Waals surface area (Å²) in [6.07, 6.45) is 1.70. The minimum absolute atomic E-state index is 0.0582. The van der Waals surface area contributed by atoms with Crippen molar-refractivity contribution in [3.63, 3.8) is 0 Å². The average molecular weight is 558 g/mol. The fraction of sp³-hybridized carbons (Fsp3) is 0.292. The van der Waals surface area contributed by atoms with Gasteiger partial charge in [-0.3, -0.25) is 9.59 Å². The van der Waals surface area contributed by atoms with Gasteiger partial charge in [-0.05, 0) is 53.4 Å². The van der Waals surface area contributed by atoms with Crippen LogP contribution >= 0.6 is 15.9 Å². The van der Waals surface area contributed by atoms with E-state index in [4.69, 9.17) is 5.73 Å². The van der Waals surface area contributed by atoms with Crippen molar-refractivity contribution in [2.45, 2.75) is 38.9 Å². The van der Waals surface area contributed by atoms with Crippen LogP contribution in [0.4, 0.5) is 20.4 Å². The van der Waals surface area contributed by atoms with Crippen LogP contribution in [0.25, 0.3) is 21.9 Å². The van der Waals surface area contributed by atoms with Crippen LogP contribution in [-0.4, -0.2) is 48.3 Å². The lowest BCUT2D eigenvalue weighted by atomic mass is 10.0. The molecule has 0 bridgehead atoms. The van der Waals surface area contributed by atoms with Gasteiger partial charge in [-0.1, -0.05) is 13.0 Å². The summed E-state index contributed by atoms with van der Waals surface area (Å²) in [5.41, 5.74) is 6.55. The number of anilines is 2. The summed E-state index contributed by atoms with van der Waals surface area (Å²) in [6.45, 7) is 3.61. The molecule has 3 atom stereocenters. The number of carbonyl (C=O) groups excluding carboxylic acids is 2. The molecular formula is C24H22BrF2N7O2. The highest BCUT2D eigenvalue weighted by Crippen LogP contribution is 2.34. The van der Waals surface area contributed by atoms with Gasteiger partial charge in [0, 0.05) is 17.5 Å². The van der Waals surface area contributed by atoms with Crippen molar-refractivity contribution in [2.75, 3.05) is 11.1 Å². The van der Waals surface area contributed by atoms with Crippen molar-refractivity contribution in [2.24, 2.45) is 5.92 Å². The summed E-state index contributed by atoms with van der Waals surface area (Å²) in [4.78, 5) is 40.8. The van der Waals surface area contributed by atoms with Gasteiger partial charge in [-0.15, -0.1) is 0 Å². The highest BCUT2D eigenvalue weighted by atomic mass is 79.9. The van der Waals surface area contributed by atoms with Crippen LogP contribution < -0.4 is 11.1 Å². The van der Waals surface area contributed by atoms with E-state index in [-0.39, 0.29) is 47.3 Å². The predicted octanol–water partition coefficient (Wildman–Crippen LogP) is 3.87. The first-order valence-corrected chi connectivity index (χ1v) is 12.1. The van der Waals surface area contributed by atoms with Crippen LogP contribution in [0.5, 0.6) is 0 Å². The van der Waals surface area contributed by atoms with Gasteiger partial charge in [-0.25, -0.2) is 23.7 Å². The molecule has 0 radical (unpaired) electrons. The van der Waals surface area contributed by atoms with Gasteiger partial charge in [0.1, 0.15) is 40.8 Å². The van der Waals surface area contributed by atoms with Crippen molar-refractivity contribution < 1.29 is 18.4 Å². The molecular weight excluding hydrogens is 536 g/mol. The third-order valence-electron chi connectivity index (χ3n) is 6.75. The van der Waals surface area contributed by atoms with E-state index in [1.165, 1.54) is 10.9 Å². The highest BCUT2D eigenvalue weighted by molar-refractivity contribution is 9.10. The Kier molecular flexibility index (Phi) is 6.07. The van der Waals surface area contributed by atoms with E-state index >= 15 is 0 Å². The van der Waals surface area contributed by atoms with E-state index in [1.54, 1.807) is 23.1 Å². The van der Waals surface area contributed by atoms with E-state index in [2.05, 4.69) is 36.2 Å². The summed E-state index contributed by atoms with van der Waals surface area (Å²) in [5.74, 6) is -2.32. The van der Waals surface area contributed by atoms with Crippen molar-refractivity contribution >= 4 is 61.3 Å². The molecule has 1 aromatic carbocycles. The van der Waals surface area contributed by atoms with E-state index in [1.807, 2.05) is 13.8 Å². The Hall–Kier alpha value is -3.67. The number of pyridine rings is 1. The summed E-state index contributed by atoms with van der Waals surface area (Å²) < 4.78 is 30.3. The quantitative estimate of drug-likeness (QED) is 0.367. The molecule has 0 aliphatic carbocycles. The molecule has 1 aliphatic heterocycles. The monoisotopic (exact) mass is 557 g/mol. The average Bonchev–Trinajstić information content (AvgIpc) is 3.29. The fourth-order valence-electron chi connectivity index (χ4n) is 4.85.